The lowest BCUT2D eigenvalue weighted by Crippen LogP contribution is -2.42. The van der Waals surface area contributed by atoms with E-state index < -0.39 is 9.84 Å². The summed E-state index contributed by atoms with van der Waals surface area (Å²) >= 11 is 3.60. The van der Waals surface area contributed by atoms with E-state index in [1.54, 1.807) is 19.1 Å². The average molecular weight is 490 g/mol. The number of carbonyl (C=O) groups is 1. The maximum Gasteiger partial charge on any atom is 0.227 e. The lowest BCUT2D eigenvalue weighted by molar-refractivity contribution is -0.118. The van der Waals surface area contributed by atoms with Crippen molar-refractivity contribution < 1.29 is 13.2 Å². The molecule has 1 aliphatic carbocycles. The molecule has 0 aromatic heterocycles. The van der Waals surface area contributed by atoms with Crippen LogP contribution in [0.3, 0.4) is 0 Å². The van der Waals surface area contributed by atoms with E-state index in [0.29, 0.717) is 23.7 Å². The van der Waals surface area contributed by atoms with Gasteiger partial charge in [0.15, 0.2) is 9.84 Å². The number of fused-ring (bicyclic) bond motifs is 1. The Bertz CT molecular complexity index is 1060. The smallest absolute Gasteiger partial charge is 0.227 e. The van der Waals surface area contributed by atoms with Crippen molar-refractivity contribution in [1.29, 1.82) is 0 Å². The standard InChI is InChI=1S/C24H28BrNO3S/c1-3-30(28,29)20-11-7-17(8-12-20)9-14-23(27)26-16-24(2,18-5-4-6-18)21-15-19(25)10-13-22(21)26/h7-8,10-13,15,18H,3-6,9,14,16H2,1-2H3. The van der Waals surface area contributed by atoms with Gasteiger partial charge in [-0.3, -0.25) is 4.79 Å². The Morgan fingerprint density at radius 3 is 2.47 bits per heavy atom. The molecule has 1 amide bonds. The fourth-order valence-corrected chi connectivity index (χ4v) is 5.98. The zero-order valence-electron chi connectivity index (χ0n) is 17.5. The number of amides is 1. The van der Waals surface area contributed by atoms with Crippen LogP contribution in [-0.2, 0) is 26.5 Å². The number of sulfone groups is 1. The summed E-state index contributed by atoms with van der Waals surface area (Å²) in [4.78, 5) is 15.5. The molecule has 0 saturated heterocycles. The van der Waals surface area contributed by atoms with Gasteiger partial charge >= 0.3 is 0 Å². The molecule has 1 unspecified atom stereocenters. The van der Waals surface area contributed by atoms with Gasteiger partial charge in [-0.25, -0.2) is 8.42 Å². The summed E-state index contributed by atoms with van der Waals surface area (Å²) in [7, 11) is -3.19. The highest BCUT2D eigenvalue weighted by molar-refractivity contribution is 9.10. The van der Waals surface area contributed by atoms with Crippen LogP contribution < -0.4 is 4.90 Å². The molecule has 1 fully saturated rings. The minimum atomic E-state index is -3.19. The van der Waals surface area contributed by atoms with E-state index in [0.717, 1.165) is 22.3 Å². The van der Waals surface area contributed by atoms with E-state index in [1.165, 1.54) is 24.8 Å². The molecule has 6 heteroatoms. The van der Waals surface area contributed by atoms with Gasteiger partial charge in [0.2, 0.25) is 5.91 Å². The van der Waals surface area contributed by atoms with Crippen molar-refractivity contribution in [1.82, 2.24) is 0 Å². The Kier molecular flexibility index (Phi) is 5.84. The van der Waals surface area contributed by atoms with Crippen molar-refractivity contribution in [2.24, 2.45) is 5.92 Å². The fourth-order valence-electron chi connectivity index (χ4n) is 4.73. The van der Waals surface area contributed by atoms with Crippen molar-refractivity contribution in [3.63, 3.8) is 0 Å². The van der Waals surface area contributed by atoms with Crippen LogP contribution in [0.15, 0.2) is 51.8 Å². The summed E-state index contributed by atoms with van der Waals surface area (Å²) in [5.74, 6) is 0.859. The summed E-state index contributed by atoms with van der Waals surface area (Å²) in [6, 6.07) is 13.2. The monoisotopic (exact) mass is 489 g/mol. The van der Waals surface area contributed by atoms with Crippen molar-refractivity contribution >= 4 is 37.4 Å². The van der Waals surface area contributed by atoms with Gasteiger partial charge in [-0.15, -0.1) is 0 Å². The molecule has 4 nitrogen and oxygen atoms in total. The van der Waals surface area contributed by atoms with Crippen molar-refractivity contribution in [3.05, 3.63) is 58.1 Å². The van der Waals surface area contributed by atoms with Crippen LogP contribution in [0.25, 0.3) is 0 Å². The minimum Gasteiger partial charge on any atom is -0.311 e. The molecule has 4 rings (SSSR count). The second kappa shape index (κ2) is 8.12. The third kappa shape index (κ3) is 3.84. The topological polar surface area (TPSA) is 54.5 Å². The Morgan fingerprint density at radius 2 is 1.87 bits per heavy atom. The molecule has 1 aliphatic heterocycles. The number of hydrogen-bond donors (Lipinski definition) is 0. The maximum atomic E-state index is 13.2. The molecule has 30 heavy (non-hydrogen) atoms. The number of anilines is 1. The lowest BCUT2D eigenvalue weighted by atomic mass is 9.64. The lowest BCUT2D eigenvalue weighted by Gasteiger charge is -2.41. The van der Waals surface area contributed by atoms with Crippen molar-refractivity contribution in [2.45, 2.75) is 56.3 Å². The number of carbonyl (C=O) groups excluding carboxylic acids is 1. The summed E-state index contributed by atoms with van der Waals surface area (Å²) < 4.78 is 25.0. The van der Waals surface area contributed by atoms with E-state index in [1.807, 2.05) is 23.1 Å². The molecule has 0 radical (unpaired) electrons. The van der Waals surface area contributed by atoms with E-state index in [2.05, 4.69) is 35.0 Å². The van der Waals surface area contributed by atoms with Crippen molar-refractivity contribution in [2.75, 3.05) is 17.2 Å². The number of hydrogen-bond acceptors (Lipinski definition) is 3. The highest BCUT2D eigenvalue weighted by Gasteiger charge is 2.47. The molecule has 0 spiro atoms. The minimum absolute atomic E-state index is 0.0170. The molecule has 1 heterocycles. The van der Waals surface area contributed by atoms with Gasteiger partial charge in [0.25, 0.3) is 0 Å². The Hall–Kier alpha value is -1.66. The summed E-state index contributed by atoms with van der Waals surface area (Å²) in [5, 5.41) is 0. The molecule has 2 aromatic carbocycles. The summed E-state index contributed by atoms with van der Waals surface area (Å²) in [5.41, 5.74) is 3.32. The first-order chi connectivity index (χ1) is 14.2. The zero-order valence-corrected chi connectivity index (χ0v) is 19.9. The molecule has 0 N–H and O–H groups in total. The second-order valence-electron chi connectivity index (χ2n) is 8.73. The SMILES string of the molecule is CCS(=O)(=O)c1ccc(CCC(=O)N2CC(C)(C3CCC3)c3cc(Br)ccc32)cc1. The fraction of sp³-hybridized carbons (Fsp3) is 0.458. The van der Waals surface area contributed by atoms with Gasteiger partial charge in [-0.05, 0) is 66.6 Å². The molecule has 160 valence electrons. The van der Waals surface area contributed by atoms with Crippen LogP contribution in [0.4, 0.5) is 5.69 Å². The molecule has 1 saturated carbocycles. The van der Waals surface area contributed by atoms with Crippen LogP contribution in [0.5, 0.6) is 0 Å². The third-order valence-corrected chi connectivity index (χ3v) is 9.19. The van der Waals surface area contributed by atoms with E-state index in [4.69, 9.17) is 0 Å². The normalized spacial score (nSPS) is 21.4. The third-order valence-electron chi connectivity index (χ3n) is 6.95. The van der Waals surface area contributed by atoms with Gasteiger partial charge < -0.3 is 4.90 Å². The van der Waals surface area contributed by atoms with Crippen LogP contribution in [0, 0.1) is 5.92 Å². The number of aryl methyl sites for hydroxylation is 1. The first kappa shape index (κ1) is 21.6. The molecule has 0 bridgehead atoms. The van der Waals surface area contributed by atoms with Crippen LogP contribution in [-0.4, -0.2) is 26.6 Å². The molecule has 2 aromatic rings. The van der Waals surface area contributed by atoms with Crippen LogP contribution in [0.2, 0.25) is 0 Å². The Morgan fingerprint density at radius 1 is 1.17 bits per heavy atom. The van der Waals surface area contributed by atoms with E-state index in [-0.39, 0.29) is 17.1 Å². The first-order valence-corrected chi connectivity index (χ1v) is 13.1. The largest absolute Gasteiger partial charge is 0.311 e. The molecular formula is C24H28BrNO3S. The average Bonchev–Trinajstić information content (AvgIpc) is 2.97. The quantitative estimate of drug-likeness (QED) is 0.554. The first-order valence-electron chi connectivity index (χ1n) is 10.7. The second-order valence-corrected chi connectivity index (χ2v) is 11.9. The predicted molar refractivity (Wildman–Crippen MR) is 124 cm³/mol. The zero-order chi connectivity index (χ0) is 21.5. The molecular weight excluding hydrogens is 462 g/mol. The van der Waals surface area contributed by atoms with Gasteiger partial charge in [-0.2, -0.15) is 0 Å². The van der Waals surface area contributed by atoms with E-state index in [9.17, 15) is 13.2 Å². The van der Waals surface area contributed by atoms with Gasteiger partial charge in [0, 0.05) is 28.5 Å². The van der Waals surface area contributed by atoms with Crippen LogP contribution >= 0.6 is 15.9 Å². The highest BCUT2D eigenvalue weighted by atomic mass is 79.9. The predicted octanol–water partition coefficient (Wildman–Crippen LogP) is 5.28. The Balaban J connectivity index is 1.49. The molecule has 1 atom stereocenters. The van der Waals surface area contributed by atoms with Gasteiger partial charge in [-0.1, -0.05) is 48.3 Å². The van der Waals surface area contributed by atoms with Gasteiger partial charge in [0.05, 0.1) is 10.6 Å². The number of nitrogens with zero attached hydrogens (tertiary/aromatic N) is 1. The Labute approximate surface area is 187 Å². The van der Waals surface area contributed by atoms with E-state index >= 15 is 0 Å². The number of rotatable bonds is 6. The van der Waals surface area contributed by atoms with Crippen molar-refractivity contribution in [3.8, 4) is 0 Å². The maximum absolute atomic E-state index is 13.2. The summed E-state index contributed by atoms with van der Waals surface area (Å²) in [6.07, 6.45) is 4.76. The summed E-state index contributed by atoms with van der Waals surface area (Å²) in [6.45, 7) is 4.70. The highest BCUT2D eigenvalue weighted by Crippen LogP contribution is 2.52. The number of benzene rings is 2. The van der Waals surface area contributed by atoms with Crippen LogP contribution in [0.1, 0.15) is 50.7 Å². The van der Waals surface area contributed by atoms with Gasteiger partial charge in [0.1, 0.15) is 0 Å². The molecule has 2 aliphatic rings. The number of halogens is 1.